The summed E-state index contributed by atoms with van der Waals surface area (Å²) in [6.07, 6.45) is 5.74. The zero-order chi connectivity index (χ0) is 9.31. The molecule has 2 N–H and O–H groups in total. The lowest BCUT2D eigenvalue weighted by atomic mass is 9.65. The molecule has 3 heteroatoms. The quantitative estimate of drug-likeness (QED) is 0.706. The lowest BCUT2D eigenvalue weighted by Crippen LogP contribution is -2.45. The van der Waals surface area contributed by atoms with Crippen LogP contribution in [0.15, 0.2) is 11.8 Å². The molecule has 0 atom stereocenters. The molecule has 0 amide bonds. The predicted octanol–water partition coefficient (Wildman–Crippen LogP) is 0.989. The Morgan fingerprint density at radius 2 is 2.38 bits per heavy atom. The Morgan fingerprint density at radius 1 is 1.62 bits per heavy atom. The number of Topliss-reactive ketones (excluding diaryl/α,β-unsaturated/α-hetero) is 1. The molecule has 1 saturated carbocycles. The number of ether oxygens (including phenoxy) is 1. The van der Waals surface area contributed by atoms with Crippen molar-refractivity contribution < 1.29 is 9.53 Å². The van der Waals surface area contributed by atoms with E-state index in [0.717, 1.165) is 25.7 Å². The lowest BCUT2D eigenvalue weighted by Gasteiger charge is -2.39. The SMILES string of the molecule is NCC1(C(=O)C2=CCCO2)CCC1. The average Bonchev–Trinajstić information content (AvgIpc) is 2.54. The number of nitrogens with two attached hydrogens (primary N) is 1. The fraction of sp³-hybridized carbons (Fsp3) is 0.700. The molecule has 2 aliphatic rings. The number of ketones is 1. The third-order valence-corrected chi connectivity index (χ3v) is 3.11. The van der Waals surface area contributed by atoms with Crippen molar-refractivity contribution in [3.63, 3.8) is 0 Å². The molecule has 0 aromatic rings. The van der Waals surface area contributed by atoms with Gasteiger partial charge in [0.25, 0.3) is 0 Å². The average molecular weight is 181 g/mol. The summed E-state index contributed by atoms with van der Waals surface area (Å²) in [5, 5.41) is 0. The smallest absolute Gasteiger partial charge is 0.204 e. The minimum Gasteiger partial charge on any atom is -0.490 e. The molecule has 1 aliphatic heterocycles. The fourth-order valence-electron chi connectivity index (χ4n) is 1.96. The van der Waals surface area contributed by atoms with Crippen LogP contribution in [-0.4, -0.2) is 18.9 Å². The van der Waals surface area contributed by atoms with E-state index >= 15 is 0 Å². The number of allylic oxidation sites excluding steroid dienone is 1. The molecule has 72 valence electrons. The van der Waals surface area contributed by atoms with Crippen molar-refractivity contribution in [3.8, 4) is 0 Å². The molecular weight excluding hydrogens is 166 g/mol. The minimum absolute atomic E-state index is 0.138. The molecule has 1 aliphatic carbocycles. The van der Waals surface area contributed by atoms with Crippen molar-refractivity contribution in [1.29, 1.82) is 0 Å². The van der Waals surface area contributed by atoms with Crippen LogP contribution in [0.1, 0.15) is 25.7 Å². The van der Waals surface area contributed by atoms with Crippen molar-refractivity contribution in [1.82, 2.24) is 0 Å². The topological polar surface area (TPSA) is 52.3 Å². The zero-order valence-corrected chi connectivity index (χ0v) is 7.71. The van der Waals surface area contributed by atoms with Crippen molar-refractivity contribution in [2.45, 2.75) is 25.7 Å². The summed E-state index contributed by atoms with van der Waals surface area (Å²) in [5.41, 5.74) is 5.37. The minimum atomic E-state index is -0.268. The van der Waals surface area contributed by atoms with Crippen molar-refractivity contribution in [3.05, 3.63) is 11.8 Å². The zero-order valence-electron chi connectivity index (χ0n) is 7.71. The Kier molecular flexibility index (Phi) is 2.12. The van der Waals surface area contributed by atoms with Gasteiger partial charge in [-0.15, -0.1) is 0 Å². The van der Waals surface area contributed by atoms with Crippen LogP contribution in [0.4, 0.5) is 0 Å². The van der Waals surface area contributed by atoms with Crippen LogP contribution in [-0.2, 0) is 9.53 Å². The molecular formula is C10H15NO2. The van der Waals surface area contributed by atoms with Gasteiger partial charge in [-0.25, -0.2) is 0 Å². The summed E-state index contributed by atoms with van der Waals surface area (Å²) in [5.74, 6) is 0.698. The molecule has 0 radical (unpaired) electrons. The Labute approximate surface area is 77.9 Å². The number of hydrogen-bond donors (Lipinski definition) is 1. The molecule has 2 rings (SSSR count). The first-order chi connectivity index (χ1) is 6.28. The Bertz CT molecular complexity index is 248. The summed E-state index contributed by atoms with van der Waals surface area (Å²) in [7, 11) is 0. The molecule has 1 heterocycles. The standard InChI is InChI=1S/C10H15NO2/c11-7-10(4-2-5-10)9(12)8-3-1-6-13-8/h3H,1-2,4-7,11H2. The molecule has 0 aromatic carbocycles. The first-order valence-corrected chi connectivity index (χ1v) is 4.86. The maximum absolute atomic E-state index is 11.9. The van der Waals surface area contributed by atoms with Gasteiger partial charge in [0.1, 0.15) is 0 Å². The van der Waals surface area contributed by atoms with Crippen LogP contribution in [0.5, 0.6) is 0 Å². The number of hydrogen-bond acceptors (Lipinski definition) is 3. The fourth-order valence-corrected chi connectivity index (χ4v) is 1.96. The van der Waals surface area contributed by atoms with Gasteiger partial charge in [-0.2, -0.15) is 0 Å². The number of rotatable bonds is 3. The van der Waals surface area contributed by atoms with E-state index in [1.807, 2.05) is 6.08 Å². The van der Waals surface area contributed by atoms with Gasteiger partial charge < -0.3 is 10.5 Å². The summed E-state index contributed by atoms with van der Waals surface area (Å²) >= 11 is 0. The van der Waals surface area contributed by atoms with E-state index < -0.39 is 0 Å². The molecule has 0 aromatic heterocycles. The molecule has 1 fully saturated rings. The molecule has 0 saturated heterocycles. The van der Waals surface area contributed by atoms with Crippen molar-refractivity contribution in [2.75, 3.05) is 13.2 Å². The highest BCUT2D eigenvalue weighted by atomic mass is 16.5. The largest absolute Gasteiger partial charge is 0.490 e. The van der Waals surface area contributed by atoms with Crippen LogP contribution in [0.3, 0.4) is 0 Å². The Morgan fingerprint density at radius 3 is 2.77 bits per heavy atom. The van der Waals surface area contributed by atoms with Crippen LogP contribution in [0.25, 0.3) is 0 Å². The van der Waals surface area contributed by atoms with Gasteiger partial charge in [-0.3, -0.25) is 4.79 Å². The molecule has 0 bridgehead atoms. The second-order valence-corrected chi connectivity index (χ2v) is 3.87. The third kappa shape index (κ3) is 1.27. The first kappa shape index (κ1) is 8.75. The monoisotopic (exact) mass is 181 g/mol. The summed E-state index contributed by atoms with van der Waals surface area (Å²) < 4.78 is 5.25. The van der Waals surface area contributed by atoms with Gasteiger partial charge in [-0.1, -0.05) is 6.42 Å². The normalized spacial score (nSPS) is 24.5. The van der Waals surface area contributed by atoms with E-state index in [2.05, 4.69) is 0 Å². The van der Waals surface area contributed by atoms with E-state index in [-0.39, 0.29) is 11.2 Å². The molecule has 0 spiro atoms. The molecule has 13 heavy (non-hydrogen) atoms. The summed E-state index contributed by atoms with van der Waals surface area (Å²) in [6.45, 7) is 1.12. The second kappa shape index (κ2) is 3.14. The van der Waals surface area contributed by atoms with Crippen LogP contribution >= 0.6 is 0 Å². The maximum atomic E-state index is 11.9. The van der Waals surface area contributed by atoms with Gasteiger partial charge >= 0.3 is 0 Å². The Hall–Kier alpha value is -0.830. The van der Waals surface area contributed by atoms with E-state index in [9.17, 15) is 4.79 Å². The number of carbonyl (C=O) groups excluding carboxylic acids is 1. The highest BCUT2D eigenvalue weighted by molar-refractivity contribution is 5.99. The van der Waals surface area contributed by atoms with E-state index in [1.165, 1.54) is 0 Å². The van der Waals surface area contributed by atoms with Crippen LogP contribution < -0.4 is 5.73 Å². The second-order valence-electron chi connectivity index (χ2n) is 3.87. The van der Waals surface area contributed by atoms with E-state index in [0.29, 0.717) is 18.9 Å². The van der Waals surface area contributed by atoms with Gasteiger partial charge in [0.2, 0.25) is 5.78 Å². The van der Waals surface area contributed by atoms with Gasteiger partial charge in [0, 0.05) is 18.4 Å². The van der Waals surface area contributed by atoms with Gasteiger partial charge in [0.05, 0.1) is 6.61 Å². The van der Waals surface area contributed by atoms with Crippen LogP contribution in [0, 0.1) is 5.41 Å². The lowest BCUT2D eigenvalue weighted by molar-refractivity contribution is -0.132. The predicted molar refractivity (Wildman–Crippen MR) is 49.0 cm³/mol. The van der Waals surface area contributed by atoms with E-state index in [4.69, 9.17) is 10.5 Å². The van der Waals surface area contributed by atoms with Gasteiger partial charge in [0.15, 0.2) is 5.76 Å². The van der Waals surface area contributed by atoms with Crippen molar-refractivity contribution in [2.24, 2.45) is 11.1 Å². The summed E-state index contributed by atoms with van der Waals surface area (Å²) in [4.78, 5) is 11.9. The number of carbonyl (C=O) groups is 1. The molecule has 0 unspecified atom stereocenters. The third-order valence-electron chi connectivity index (χ3n) is 3.11. The maximum Gasteiger partial charge on any atom is 0.204 e. The highest BCUT2D eigenvalue weighted by Crippen LogP contribution is 2.43. The summed E-state index contributed by atoms with van der Waals surface area (Å²) in [6, 6.07) is 0. The Balaban J connectivity index is 2.10. The first-order valence-electron chi connectivity index (χ1n) is 4.86. The molecule has 3 nitrogen and oxygen atoms in total. The highest BCUT2D eigenvalue weighted by Gasteiger charge is 2.44. The van der Waals surface area contributed by atoms with Crippen molar-refractivity contribution >= 4 is 5.78 Å². The van der Waals surface area contributed by atoms with Crippen LogP contribution in [0.2, 0.25) is 0 Å². The van der Waals surface area contributed by atoms with E-state index in [1.54, 1.807) is 0 Å². The van der Waals surface area contributed by atoms with Gasteiger partial charge in [-0.05, 0) is 18.9 Å².